The van der Waals surface area contributed by atoms with Crippen LogP contribution in [0.25, 0.3) is 0 Å². The van der Waals surface area contributed by atoms with E-state index >= 15 is 0 Å². The molecule has 0 saturated heterocycles. The number of nitro groups is 2. The van der Waals surface area contributed by atoms with E-state index in [9.17, 15) is 37.1 Å². The molecule has 0 aliphatic rings. The number of nitrogens with zero attached hydrogens (tertiary/aromatic N) is 8. The van der Waals surface area contributed by atoms with Crippen molar-refractivity contribution in [3.63, 3.8) is 0 Å². The predicted octanol–water partition coefficient (Wildman–Crippen LogP) is 0.588. The van der Waals surface area contributed by atoms with E-state index < -0.39 is 39.7 Å². The molecule has 0 aliphatic carbocycles. The van der Waals surface area contributed by atoms with Gasteiger partial charge < -0.3 is 50.9 Å². The van der Waals surface area contributed by atoms with Gasteiger partial charge >= 0.3 is 28.7 Å². The Balaban J connectivity index is -0.000000548. The van der Waals surface area contributed by atoms with Crippen molar-refractivity contribution >= 4 is 31.3 Å². The fourth-order valence-electron chi connectivity index (χ4n) is 2.51. The van der Waals surface area contributed by atoms with Crippen LogP contribution in [-0.4, -0.2) is 79.0 Å². The van der Waals surface area contributed by atoms with E-state index in [1.165, 1.54) is 9.13 Å². The first-order valence-corrected chi connectivity index (χ1v) is 14.2. The van der Waals surface area contributed by atoms with Crippen LogP contribution >= 0.6 is 0 Å². The van der Waals surface area contributed by atoms with Crippen LogP contribution in [0.5, 0.6) is 0 Å². The summed E-state index contributed by atoms with van der Waals surface area (Å²) in [6, 6.07) is 0. The molecule has 0 aromatic carbocycles. The molecule has 25 heteroatoms. The number of sulfone groups is 2. The van der Waals surface area contributed by atoms with Crippen molar-refractivity contribution in [2.75, 3.05) is 23.0 Å². The molecule has 0 atom stereocenters. The minimum Gasteiger partial charge on any atom is -0.358 e. The molecular weight excluding hydrogens is 656 g/mol. The second-order valence-electron chi connectivity index (χ2n) is 7.06. The molecule has 0 aliphatic heterocycles. The van der Waals surface area contributed by atoms with Crippen LogP contribution in [-0.2, 0) is 49.8 Å². The Morgan fingerprint density at radius 3 is 1.10 bits per heavy atom. The Morgan fingerprint density at radius 2 is 0.902 bits per heavy atom. The minimum atomic E-state index is -3.13. The van der Waals surface area contributed by atoms with Crippen molar-refractivity contribution in [1.82, 2.24) is 19.1 Å². The zero-order chi connectivity index (χ0) is 31.8. The van der Waals surface area contributed by atoms with Crippen LogP contribution in [0.3, 0.4) is 0 Å². The summed E-state index contributed by atoms with van der Waals surface area (Å²) in [5.41, 5.74) is 0. The summed E-state index contributed by atoms with van der Waals surface area (Å²) < 4.78 is 47.7. The quantitative estimate of drug-likeness (QED) is 0.188. The van der Waals surface area contributed by atoms with Gasteiger partial charge in [0.15, 0.2) is 31.3 Å². The first-order chi connectivity index (χ1) is 18.2. The zero-order valence-electron chi connectivity index (χ0n) is 21.8. The van der Waals surface area contributed by atoms with Gasteiger partial charge in [-0.3, -0.25) is 0 Å². The Labute approximate surface area is 242 Å². The van der Waals surface area contributed by atoms with Crippen LogP contribution in [0.4, 0.5) is 11.6 Å². The molecule has 2 rings (SSSR count). The topological polar surface area (TPSA) is 323 Å². The normalized spacial score (nSPS) is 10.2. The monoisotopic (exact) mass is 681 g/mol. The van der Waals surface area contributed by atoms with E-state index in [-0.39, 0.29) is 64.8 Å². The average Bonchev–Trinajstić information content (AvgIpc) is 3.38. The van der Waals surface area contributed by atoms with Crippen molar-refractivity contribution in [2.24, 2.45) is 0 Å². The SMILES string of the molecule is CCS(=O)(=O)CCn1c([N+](=O)[O-])cnc1C.CCS(=O)(=O)CCn1c([N+](=O)[O-])cnc1C.O=[N+]([O-])[O-].O=[N+]([O-])[O-].[Cu+2]. The minimum absolute atomic E-state index is 0. The van der Waals surface area contributed by atoms with Crippen molar-refractivity contribution in [3.05, 3.63) is 74.9 Å². The molecule has 0 unspecified atom stereocenters. The third-order valence-electron chi connectivity index (χ3n) is 4.57. The Morgan fingerprint density at radius 1 is 0.659 bits per heavy atom. The summed E-state index contributed by atoms with van der Waals surface area (Å²) in [7, 11) is -6.25. The van der Waals surface area contributed by atoms with Crippen LogP contribution in [0.2, 0.25) is 0 Å². The maximum absolute atomic E-state index is 11.3. The van der Waals surface area contributed by atoms with E-state index in [1.54, 1.807) is 27.7 Å². The third kappa shape index (κ3) is 18.1. The van der Waals surface area contributed by atoms with Crippen LogP contribution in [0.1, 0.15) is 25.5 Å². The summed E-state index contributed by atoms with van der Waals surface area (Å²) in [5, 5.41) is 50.7. The van der Waals surface area contributed by atoms with Crippen molar-refractivity contribution < 1.29 is 53.9 Å². The number of imidazole rings is 2. The Kier molecular flexibility index (Phi) is 19.4. The molecule has 22 nitrogen and oxygen atoms in total. The van der Waals surface area contributed by atoms with Gasteiger partial charge in [0.25, 0.3) is 0 Å². The Hall–Kier alpha value is -3.96. The van der Waals surface area contributed by atoms with Gasteiger partial charge in [-0.05, 0) is 9.85 Å². The molecule has 0 N–H and O–H groups in total. The molecule has 2 aromatic rings. The molecule has 0 spiro atoms. The standard InChI is InChI=1S/2C8H13N3O4S.Cu.2NO3/c2*1-3-16(14,15)5-4-10-7(2)9-6-8(10)11(12)13;;2*2-1(3)4/h2*6H,3-5H2,1-2H3;;;/q;;+2;2*-1. The second-order valence-corrected chi connectivity index (χ2v) is 12.0. The molecule has 0 amide bonds. The summed E-state index contributed by atoms with van der Waals surface area (Å²) in [6.45, 7) is 6.43. The number of aromatic nitrogens is 4. The van der Waals surface area contributed by atoms with Crippen molar-refractivity contribution in [1.29, 1.82) is 0 Å². The molecular formula is C16H26CuN8O14S2. The summed E-state index contributed by atoms with van der Waals surface area (Å²) in [6.07, 6.45) is 2.27. The van der Waals surface area contributed by atoms with Crippen LogP contribution in [0, 0.1) is 64.7 Å². The molecule has 41 heavy (non-hydrogen) atoms. The molecule has 237 valence electrons. The van der Waals surface area contributed by atoms with Crippen molar-refractivity contribution in [3.8, 4) is 0 Å². The second kappa shape index (κ2) is 19.2. The number of hydrogen-bond acceptors (Lipinski definition) is 16. The maximum atomic E-state index is 11.3. The molecule has 2 aromatic heterocycles. The van der Waals surface area contributed by atoms with E-state index in [0.717, 1.165) is 12.4 Å². The molecule has 0 saturated carbocycles. The summed E-state index contributed by atoms with van der Waals surface area (Å²) in [5.74, 6) is 0.384. The van der Waals surface area contributed by atoms with Gasteiger partial charge in [-0.15, -0.1) is 0 Å². The van der Waals surface area contributed by atoms with Crippen molar-refractivity contribution in [2.45, 2.75) is 40.8 Å². The van der Waals surface area contributed by atoms with Gasteiger partial charge in [-0.2, -0.15) is 0 Å². The molecule has 0 fully saturated rings. The number of aryl methyl sites for hydroxylation is 2. The molecule has 0 bridgehead atoms. The van der Waals surface area contributed by atoms with Gasteiger partial charge in [0.1, 0.15) is 25.5 Å². The van der Waals surface area contributed by atoms with Gasteiger partial charge in [-0.25, -0.2) is 35.9 Å². The first-order valence-electron chi connectivity index (χ1n) is 10.6. The third-order valence-corrected chi connectivity index (χ3v) is 7.94. The van der Waals surface area contributed by atoms with E-state index in [1.807, 2.05) is 0 Å². The average molecular weight is 682 g/mol. The zero-order valence-corrected chi connectivity index (χ0v) is 24.4. The number of rotatable bonds is 10. The van der Waals surface area contributed by atoms with E-state index in [4.69, 9.17) is 30.6 Å². The molecule has 1 radical (unpaired) electrons. The first kappa shape index (κ1) is 41.5. The predicted molar refractivity (Wildman–Crippen MR) is 137 cm³/mol. The fourth-order valence-corrected chi connectivity index (χ4v) is 4.00. The van der Waals surface area contributed by atoms with Gasteiger partial charge in [-0.1, -0.05) is 13.8 Å². The largest absolute Gasteiger partial charge is 2.00 e. The van der Waals surface area contributed by atoms with Gasteiger partial charge in [0, 0.05) is 25.4 Å². The fraction of sp³-hybridized carbons (Fsp3) is 0.625. The smallest absolute Gasteiger partial charge is 0.358 e. The van der Waals surface area contributed by atoms with E-state index in [2.05, 4.69) is 9.97 Å². The molecule has 2 heterocycles. The Bertz CT molecular complexity index is 1260. The van der Waals surface area contributed by atoms with Crippen LogP contribution in [0.15, 0.2) is 12.4 Å². The number of hydrogen-bond donors (Lipinski definition) is 0. The summed E-state index contributed by atoms with van der Waals surface area (Å²) in [4.78, 5) is 44.2. The van der Waals surface area contributed by atoms with Gasteiger partial charge in [0.05, 0.1) is 21.7 Å². The summed E-state index contributed by atoms with van der Waals surface area (Å²) >= 11 is 0. The van der Waals surface area contributed by atoms with Gasteiger partial charge in [0.2, 0.25) is 0 Å². The van der Waals surface area contributed by atoms with Crippen LogP contribution < -0.4 is 0 Å². The van der Waals surface area contributed by atoms with E-state index in [0.29, 0.717) is 11.6 Å². The maximum Gasteiger partial charge on any atom is 2.00 e.